The molecule has 2 heterocycles. The van der Waals surface area contributed by atoms with Crippen LogP contribution in [0, 0.1) is 24.5 Å². The molecule has 50 heavy (non-hydrogen) atoms. The van der Waals surface area contributed by atoms with Crippen LogP contribution in [0.3, 0.4) is 0 Å². The van der Waals surface area contributed by atoms with Gasteiger partial charge in [-0.3, -0.25) is 0 Å². The molecule has 9 aromatic rings. The highest BCUT2D eigenvalue weighted by atomic mass is 15.0. The highest BCUT2D eigenvalue weighted by Crippen LogP contribution is 2.42. The molecule has 230 valence electrons. The molecule has 0 aliphatic carbocycles. The maximum absolute atomic E-state index is 9.64. The first kappa shape index (κ1) is 28.8. The molecule has 0 radical (unpaired) electrons. The zero-order valence-electron chi connectivity index (χ0n) is 26.7. The molecule has 0 atom stereocenters. The fourth-order valence-electron chi connectivity index (χ4n) is 7.36. The number of nitriles is 1. The maximum atomic E-state index is 9.64. The minimum absolute atomic E-state index is 0.557. The molecule has 7 aromatic carbocycles. The summed E-state index contributed by atoms with van der Waals surface area (Å²) in [7, 11) is 0. The molecule has 0 unspecified atom stereocenters. The van der Waals surface area contributed by atoms with Gasteiger partial charge in [-0.15, -0.1) is 0 Å². The number of benzene rings is 7. The third-order valence-electron chi connectivity index (χ3n) is 9.58. The van der Waals surface area contributed by atoms with E-state index in [0.717, 1.165) is 66.5 Å². The van der Waals surface area contributed by atoms with Crippen LogP contribution in [-0.2, 0) is 0 Å². The van der Waals surface area contributed by atoms with Gasteiger partial charge < -0.3 is 9.13 Å². The Morgan fingerprint density at radius 2 is 1.14 bits per heavy atom. The van der Waals surface area contributed by atoms with Crippen molar-refractivity contribution in [3.05, 3.63) is 180 Å². The predicted octanol–water partition coefficient (Wildman–Crippen LogP) is 12.2. The van der Waals surface area contributed by atoms with E-state index in [1.165, 1.54) is 10.8 Å². The number of hydrogen-bond donors (Lipinski definition) is 0. The molecule has 0 amide bonds. The molecule has 0 aliphatic heterocycles. The molecule has 0 N–H and O–H groups in total. The average Bonchev–Trinajstić information content (AvgIpc) is 3.69. The van der Waals surface area contributed by atoms with Crippen LogP contribution in [0.4, 0.5) is 11.4 Å². The Balaban J connectivity index is 1.23. The zero-order valence-corrected chi connectivity index (χ0v) is 26.7. The number of aromatic nitrogens is 2. The van der Waals surface area contributed by atoms with Crippen molar-refractivity contribution in [3.63, 3.8) is 0 Å². The summed E-state index contributed by atoms with van der Waals surface area (Å²) in [5.41, 5.74) is 11.7. The molecule has 0 aliphatic rings. The SMILES string of the molecule is [C-]#[N+]c1ccc2c(c1)c1cc(C#N)ccc1n2-c1cccc(-c2ccc([N+]#[C-])c(-c3ccccc3-n3c4ccccc4c4ccccc43)c2)c1. The highest BCUT2D eigenvalue weighted by molar-refractivity contribution is 6.11. The van der Waals surface area contributed by atoms with Crippen molar-refractivity contribution >= 4 is 55.0 Å². The summed E-state index contributed by atoms with van der Waals surface area (Å²) >= 11 is 0. The largest absolute Gasteiger partial charge is 0.309 e. The molecule has 9 rings (SSSR count). The van der Waals surface area contributed by atoms with Crippen LogP contribution in [-0.4, -0.2) is 9.13 Å². The van der Waals surface area contributed by atoms with E-state index in [1.54, 1.807) is 0 Å². The quantitative estimate of drug-likeness (QED) is 0.177. The van der Waals surface area contributed by atoms with E-state index in [2.05, 4.69) is 116 Å². The number of hydrogen-bond acceptors (Lipinski definition) is 1. The number of rotatable bonds is 4. The van der Waals surface area contributed by atoms with Gasteiger partial charge in [-0.2, -0.15) is 5.26 Å². The normalized spacial score (nSPS) is 11.1. The van der Waals surface area contributed by atoms with Crippen LogP contribution < -0.4 is 0 Å². The summed E-state index contributed by atoms with van der Waals surface area (Å²) < 4.78 is 4.50. The lowest BCUT2D eigenvalue weighted by Gasteiger charge is -2.16. The summed E-state index contributed by atoms with van der Waals surface area (Å²) in [6, 6.07) is 53.4. The summed E-state index contributed by atoms with van der Waals surface area (Å²) in [6.07, 6.45) is 0. The lowest BCUT2D eigenvalue weighted by molar-refractivity contribution is 1.18. The van der Waals surface area contributed by atoms with Crippen LogP contribution >= 0.6 is 0 Å². The Kier molecular flexibility index (Phi) is 6.56. The minimum atomic E-state index is 0.557. The van der Waals surface area contributed by atoms with Gasteiger partial charge in [0, 0.05) is 21.8 Å². The molecular weight excluding hydrogens is 611 g/mol. The van der Waals surface area contributed by atoms with Gasteiger partial charge >= 0.3 is 0 Å². The van der Waals surface area contributed by atoms with Crippen LogP contribution in [0.2, 0.25) is 0 Å². The first-order chi connectivity index (χ1) is 24.7. The van der Waals surface area contributed by atoms with Crippen molar-refractivity contribution in [3.8, 4) is 39.7 Å². The predicted molar refractivity (Wildman–Crippen MR) is 203 cm³/mol. The Morgan fingerprint density at radius 3 is 1.88 bits per heavy atom. The zero-order chi connectivity index (χ0) is 33.8. The Morgan fingerprint density at radius 1 is 0.480 bits per heavy atom. The first-order valence-corrected chi connectivity index (χ1v) is 16.2. The van der Waals surface area contributed by atoms with Crippen LogP contribution in [0.15, 0.2) is 152 Å². The molecule has 0 spiro atoms. The number of nitrogens with zero attached hydrogens (tertiary/aromatic N) is 5. The Hall–Kier alpha value is -7.39. The monoisotopic (exact) mass is 635 g/mol. The van der Waals surface area contributed by atoms with E-state index < -0.39 is 0 Å². The Bertz CT molecular complexity index is 2850. The van der Waals surface area contributed by atoms with Gasteiger partial charge in [-0.1, -0.05) is 91.0 Å². The fraction of sp³-hybridized carbons (Fsp3) is 0. The average molecular weight is 636 g/mol. The molecule has 0 fully saturated rings. The summed E-state index contributed by atoms with van der Waals surface area (Å²) in [5.74, 6) is 0. The van der Waals surface area contributed by atoms with Gasteiger partial charge in [0.1, 0.15) is 0 Å². The molecule has 0 saturated heterocycles. The van der Waals surface area contributed by atoms with E-state index in [4.69, 9.17) is 13.1 Å². The third-order valence-corrected chi connectivity index (χ3v) is 9.58. The summed E-state index contributed by atoms with van der Waals surface area (Å²) in [5, 5.41) is 13.9. The second kappa shape index (κ2) is 11.4. The van der Waals surface area contributed by atoms with Gasteiger partial charge in [0.25, 0.3) is 0 Å². The number of para-hydroxylation sites is 3. The van der Waals surface area contributed by atoms with Crippen LogP contribution in [0.1, 0.15) is 5.56 Å². The van der Waals surface area contributed by atoms with Gasteiger partial charge in [0.2, 0.25) is 0 Å². The molecule has 0 bridgehead atoms. The maximum Gasteiger partial charge on any atom is 0.195 e. The summed E-state index contributed by atoms with van der Waals surface area (Å²) in [6.45, 7) is 15.7. The molecule has 0 saturated carbocycles. The van der Waals surface area contributed by atoms with E-state index in [9.17, 15) is 5.26 Å². The second-order valence-electron chi connectivity index (χ2n) is 12.3. The smallest absolute Gasteiger partial charge is 0.195 e. The molecule has 5 heteroatoms. The standard InChI is InChI=1S/C45H25N5/c1-47-32-20-23-45-39(27-32)38-24-29(28-46)18-22-44(38)49(45)33-11-9-10-30(25-33)31-19-21-40(48-2)37(26-31)36-14-5-8-17-43(36)50-41-15-6-3-12-34(41)35-13-4-7-16-42(35)50/h3-27H. The van der Waals surface area contributed by atoms with Crippen LogP contribution in [0.5, 0.6) is 0 Å². The molecule has 5 nitrogen and oxygen atoms in total. The van der Waals surface area contributed by atoms with Crippen molar-refractivity contribution in [2.75, 3.05) is 0 Å². The van der Waals surface area contributed by atoms with Gasteiger partial charge in [0.15, 0.2) is 11.4 Å². The second-order valence-corrected chi connectivity index (χ2v) is 12.3. The highest BCUT2D eigenvalue weighted by Gasteiger charge is 2.18. The fourth-order valence-corrected chi connectivity index (χ4v) is 7.36. The van der Waals surface area contributed by atoms with Gasteiger partial charge in [0.05, 0.1) is 52.5 Å². The van der Waals surface area contributed by atoms with Crippen molar-refractivity contribution in [1.82, 2.24) is 9.13 Å². The molecule has 2 aromatic heterocycles. The van der Waals surface area contributed by atoms with Crippen molar-refractivity contribution in [2.24, 2.45) is 0 Å². The Labute approximate surface area is 288 Å². The number of fused-ring (bicyclic) bond motifs is 6. The van der Waals surface area contributed by atoms with Crippen molar-refractivity contribution in [2.45, 2.75) is 0 Å². The van der Waals surface area contributed by atoms with E-state index in [1.807, 2.05) is 60.7 Å². The minimum Gasteiger partial charge on any atom is -0.309 e. The lowest BCUT2D eigenvalue weighted by Crippen LogP contribution is -1.97. The molecular formula is C45H25N5. The third kappa shape index (κ3) is 4.38. The van der Waals surface area contributed by atoms with Crippen molar-refractivity contribution < 1.29 is 0 Å². The first-order valence-electron chi connectivity index (χ1n) is 16.2. The van der Waals surface area contributed by atoms with E-state index >= 15 is 0 Å². The van der Waals surface area contributed by atoms with Gasteiger partial charge in [-0.05, 0) is 88.3 Å². The van der Waals surface area contributed by atoms with Crippen molar-refractivity contribution in [1.29, 1.82) is 5.26 Å². The lowest BCUT2D eigenvalue weighted by atomic mass is 9.96. The van der Waals surface area contributed by atoms with E-state index in [0.29, 0.717) is 16.9 Å². The summed E-state index contributed by atoms with van der Waals surface area (Å²) in [4.78, 5) is 7.63. The van der Waals surface area contributed by atoms with Gasteiger partial charge in [-0.25, -0.2) is 9.69 Å². The topological polar surface area (TPSA) is 42.4 Å². The van der Waals surface area contributed by atoms with Crippen LogP contribution in [0.25, 0.3) is 86.9 Å². The van der Waals surface area contributed by atoms with E-state index in [-0.39, 0.29) is 0 Å².